The largest absolute Gasteiger partial charge is 0.492 e. The van der Waals surface area contributed by atoms with Gasteiger partial charge in [0, 0.05) is 7.11 Å². The van der Waals surface area contributed by atoms with Gasteiger partial charge in [-0.2, -0.15) is 0 Å². The highest BCUT2D eigenvalue weighted by Crippen LogP contribution is 2.27. The second-order valence-electron chi connectivity index (χ2n) is 4.18. The van der Waals surface area contributed by atoms with Gasteiger partial charge in [-0.3, -0.25) is 0 Å². The van der Waals surface area contributed by atoms with Crippen LogP contribution in [0.25, 0.3) is 11.0 Å². The van der Waals surface area contributed by atoms with Crippen molar-refractivity contribution in [1.82, 2.24) is 9.55 Å². The van der Waals surface area contributed by atoms with Crippen molar-refractivity contribution in [3.63, 3.8) is 0 Å². The van der Waals surface area contributed by atoms with Crippen molar-refractivity contribution < 1.29 is 9.47 Å². The molecule has 98 valence electrons. The lowest BCUT2D eigenvalue weighted by Gasteiger charge is -2.12. The average molecular weight is 249 g/mol. The highest BCUT2D eigenvalue weighted by atomic mass is 16.5. The Hall–Kier alpha value is -1.75. The number of ether oxygens (including phenoxy) is 2. The van der Waals surface area contributed by atoms with Crippen LogP contribution in [0, 0.1) is 0 Å². The maximum atomic E-state index is 5.96. The SMILES string of the molecule is CCOc1cccc2c1nc(N)n2CC(C)OC. The first-order valence-corrected chi connectivity index (χ1v) is 6.07. The van der Waals surface area contributed by atoms with Crippen molar-refractivity contribution >= 4 is 17.0 Å². The molecule has 2 aromatic rings. The van der Waals surface area contributed by atoms with Gasteiger partial charge < -0.3 is 19.8 Å². The number of para-hydroxylation sites is 1. The van der Waals surface area contributed by atoms with Gasteiger partial charge in [0.2, 0.25) is 5.95 Å². The summed E-state index contributed by atoms with van der Waals surface area (Å²) in [7, 11) is 1.69. The number of hydrogen-bond donors (Lipinski definition) is 1. The van der Waals surface area contributed by atoms with Crippen LogP contribution in [0.15, 0.2) is 18.2 Å². The Morgan fingerprint density at radius 1 is 1.44 bits per heavy atom. The third-order valence-electron chi connectivity index (χ3n) is 2.91. The Bertz CT molecular complexity index is 536. The van der Waals surface area contributed by atoms with E-state index >= 15 is 0 Å². The average Bonchev–Trinajstić information content (AvgIpc) is 2.68. The Labute approximate surface area is 107 Å². The minimum atomic E-state index is 0.0837. The van der Waals surface area contributed by atoms with Gasteiger partial charge in [-0.15, -0.1) is 0 Å². The molecule has 0 radical (unpaired) electrons. The van der Waals surface area contributed by atoms with E-state index < -0.39 is 0 Å². The summed E-state index contributed by atoms with van der Waals surface area (Å²) in [6, 6.07) is 5.84. The van der Waals surface area contributed by atoms with Gasteiger partial charge in [-0.25, -0.2) is 4.98 Å². The first-order chi connectivity index (χ1) is 8.67. The molecule has 2 N–H and O–H groups in total. The van der Waals surface area contributed by atoms with Crippen LogP contribution in [0.5, 0.6) is 5.75 Å². The van der Waals surface area contributed by atoms with Crippen LogP contribution in [0.3, 0.4) is 0 Å². The molecule has 0 spiro atoms. The summed E-state index contributed by atoms with van der Waals surface area (Å²) in [5.74, 6) is 1.26. The molecule has 0 fully saturated rings. The zero-order chi connectivity index (χ0) is 13.1. The van der Waals surface area contributed by atoms with E-state index in [1.165, 1.54) is 0 Å². The molecule has 18 heavy (non-hydrogen) atoms. The molecule has 0 saturated heterocycles. The minimum Gasteiger partial charge on any atom is -0.492 e. The normalized spacial score (nSPS) is 12.8. The molecule has 0 saturated carbocycles. The second-order valence-corrected chi connectivity index (χ2v) is 4.18. The van der Waals surface area contributed by atoms with Crippen molar-refractivity contribution in [1.29, 1.82) is 0 Å². The lowest BCUT2D eigenvalue weighted by Crippen LogP contribution is -2.16. The molecule has 1 unspecified atom stereocenters. The standard InChI is InChI=1S/C13H19N3O2/c1-4-18-11-7-5-6-10-12(11)15-13(14)16(10)8-9(2)17-3/h5-7,9H,4,8H2,1-3H3,(H2,14,15). The molecule has 1 heterocycles. The van der Waals surface area contributed by atoms with Gasteiger partial charge in [-0.05, 0) is 26.0 Å². The summed E-state index contributed by atoms with van der Waals surface area (Å²) in [6.07, 6.45) is 0.0837. The summed E-state index contributed by atoms with van der Waals surface area (Å²) in [6.45, 7) is 5.23. The van der Waals surface area contributed by atoms with Crippen LogP contribution in [0.2, 0.25) is 0 Å². The van der Waals surface area contributed by atoms with E-state index in [0.29, 0.717) is 19.1 Å². The van der Waals surface area contributed by atoms with Gasteiger partial charge in [0.15, 0.2) is 0 Å². The summed E-state index contributed by atoms with van der Waals surface area (Å²) in [5, 5.41) is 0. The first-order valence-electron chi connectivity index (χ1n) is 6.07. The van der Waals surface area contributed by atoms with Crippen LogP contribution < -0.4 is 10.5 Å². The topological polar surface area (TPSA) is 62.3 Å². The molecule has 1 aromatic heterocycles. The number of fused-ring (bicyclic) bond motifs is 1. The van der Waals surface area contributed by atoms with E-state index in [1.807, 2.05) is 36.6 Å². The number of nitrogens with two attached hydrogens (primary N) is 1. The van der Waals surface area contributed by atoms with Crippen LogP contribution in [0.1, 0.15) is 13.8 Å². The van der Waals surface area contributed by atoms with E-state index in [9.17, 15) is 0 Å². The van der Waals surface area contributed by atoms with E-state index in [2.05, 4.69) is 4.98 Å². The number of benzene rings is 1. The van der Waals surface area contributed by atoms with Crippen molar-refractivity contribution in [2.75, 3.05) is 19.5 Å². The lowest BCUT2D eigenvalue weighted by atomic mass is 10.3. The quantitative estimate of drug-likeness (QED) is 0.881. The van der Waals surface area contributed by atoms with Crippen molar-refractivity contribution in [2.45, 2.75) is 26.5 Å². The Balaban J connectivity index is 2.47. The molecule has 0 amide bonds. The predicted molar refractivity (Wildman–Crippen MR) is 71.8 cm³/mol. The molecule has 5 heteroatoms. The number of rotatable bonds is 5. The van der Waals surface area contributed by atoms with Crippen molar-refractivity contribution in [3.8, 4) is 5.75 Å². The fraction of sp³-hybridized carbons (Fsp3) is 0.462. The molecule has 0 aliphatic carbocycles. The van der Waals surface area contributed by atoms with Gasteiger partial charge in [0.25, 0.3) is 0 Å². The maximum Gasteiger partial charge on any atom is 0.201 e. The number of imidazole rings is 1. The molecular weight excluding hydrogens is 230 g/mol. The van der Waals surface area contributed by atoms with E-state index in [-0.39, 0.29) is 6.10 Å². The zero-order valence-electron chi connectivity index (χ0n) is 11.0. The Morgan fingerprint density at radius 3 is 2.89 bits per heavy atom. The van der Waals surface area contributed by atoms with Crippen LogP contribution in [-0.4, -0.2) is 29.4 Å². The minimum absolute atomic E-state index is 0.0837. The fourth-order valence-electron chi connectivity index (χ4n) is 1.93. The summed E-state index contributed by atoms with van der Waals surface area (Å²) >= 11 is 0. The summed E-state index contributed by atoms with van der Waals surface area (Å²) < 4.78 is 12.8. The number of nitrogen functional groups attached to an aromatic ring is 1. The highest BCUT2D eigenvalue weighted by molar-refractivity contribution is 5.84. The molecule has 2 rings (SSSR count). The highest BCUT2D eigenvalue weighted by Gasteiger charge is 2.13. The van der Waals surface area contributed by atoms with Gasteiger partial charge in [-0.1, -0.05) is 6.07 Å². The monoisotopic (exact) mass is 249 g/mol. The molecular formula is C13H19N3O2. The zero-order valence-corrected chi connectivity index (χ0v) is 11.0. The lowest BCUT2D eigenvalue weighted by molar-refractivity contribution is 0.105. The van der Waals surface area contributed by atoms with Crippen LogP contribution >= 0.6 is 0 Å². The maximum absolute atomic E-state index is 5.96. The number of hydrogen-bond acceptors (Lipinski definition) is 4. The van der Waals surface area contributed by atoms with Crippen molar-refractivity contribution in [3.05, 3.63) is 18.2 Å². The number of nitrogens with zero attached hydrogens (tertiary/aromatic N) is 2. The predicted octanol–water partition coefficient (Wildman–Crippen LogP) is 2.05. The van der Waals surface area contributed by atoms with Gasteiger partial charge >= 0.3 is 0 Å². The molecule has 1 atom stereocenters. The number of methoxy groups -OCH3 is 1. The number of anilines is 1. The third-order valence-corrected chi connectivity index (χ3v) is 2.91. The first kappa shape index (κ1) is 12.7. The molecule has 0 bridgehead atoms. The number of aromatic nitrogens is 2. The van der Waals surface area contributed by atoms with Crippen LogP contribution in [-0.2, 0) is 11.3 Å². The van der Waals surface area contributed by atoms with E-state index in [4.69, 9.17) is 15.2 Å². The smallest absolute Gasteiger partial charge is 0.201 e. The summed E-state index contributed by atoms with van der Waals surface area (Å²) in [5.41, 5.74) is 7.74. The van der Waals surface area contributed by atoms with Gasteiger partial charge in [0.05, 0.1) is 24.8 Å². The Morgan fingerprint density at radius 2 is 2.22 bits per heavy atom. The summed E-state index contributed by atoms with van der Waals surface area (Å²) in [4.78, 5) is 4.38. The van der Waals surface area contributed by atoms with Crippen LogP contribution in [0.4, 0.5) is 5.95 Å². The third kappa shape index (κ3) is 2.26. The fourth-order valence-corrected chi connectivity index (χ4v) is 1.93. The molecule has 0 aliphatic heterocycles. The molecule has 1 aromatic carbocycles. The van der Waals surface area contributed by atoms with Gasteiger partial charge in [0.1, 0.15) is 11.3 Å². The van der Waals surface area contributed by atoms with E-state index in [1.54, 1.807) is 7.11 Å². The second kappa shape index (κ2) is 5.27. The Kier molecular flexibility index (Phi) is 3.72. The molecule has 5 nitrogen and oxygen atoms in total. The molecule has 0 aliphatic rings. The van der Waals surface area contributed by atoms with E-state index in [0.717, 1.165) is 16.8 Å². The van der Waals surface area contributed by atoms with Crippen molar-refractivity contribution in [2.24, 2.45) is 0 Å².